The van der Waals surface area contributed by atoms with E-state index in [0.717, 1.165) is 32.4 Å². The van der Waals surface area contributed by atoms with Crippen LogP contribution in [0.1, 0.15) is 19.3 Å². The van der Waals surface area contributed by atoms with Gasteiger partial charge in [-0.15, -0.1) is 0 Å². The number of halogens is 1. The molecule has 0 spiro atoms. The zero-order valence-electron chi connectivity index (χ0n) is 10.8. The number of ether oxygens (including phenoxy) is 1. The Bertz CT molecular complexity index is 427. The van der Waals surface area contributed by atoms with Crippen molar-refractivity contribution in [1.82, 2.24) is 10.6 Å². The molecule has 5 heteroatoms. The van der Waals surface area contributed by atoms with E-state index in [2.05, 4.69) is 10.6 Å². The molecule has 19 heavy (non-hydrogen) atoms. The Morgan fingerprint density at radius 2 is 2.37 bits per heavy atom. The lowest BCUT2D eigenvalue weighted by Gasteiger charge is -2.33. The molecule has 104 valence electrons. The number of hydrogen-bond donors (Lipinski definition) is 2. The van der Waals surface area contributed by atoms with Gasteiger partial charge in [0.1, 0.15) is 24.6 Å². The van der Waals surface area contributed by atoms with Gasteiger partial charge in [0.2, 0.25) is 5.91 Å². The third-order valence-corrected chi connectivity index (χ3v) is 4.03. The van der Waals surface area contributed by atoms with Gasteiger partial charge in [0.25, 0.3) is 0 Å². The van der Waals surface area contributed by atoms with Gasteiger partial charge in [0, 0.05) is 0 Å². The van der Waals surface area contributed by atoms with Crippen LogP contribution in [0.2, 0.25) is 0 Å². The maximum Gasteiger partial charge on any atom is 0.246 e. The molecule has 2 fully saturated rings. The first kappa shape index (κ1) is 12.8. The highest BCUT2D eigenvalue weighted by Gasteiger charge is 2.35. The van der Waals surface area contributed by atoms with Crippen LogP contribution in [0.15, 0.2) is 23.6 Å². The van der Waals surface area contributed by atoms with Gasteiger partial charge in [-0.3, -0.25) is 4.79 Å². The first-order valence-electron chi connectivity index (χ1n) is 6.92. The third kappa shape index (κ3) is 2.72. The summed E-state index contributed by atoms with van der Waals surface area (Å²) in [4.78, 5) is 11.3. The van der Waals surface area contributed by atoms with Crippen molar-refractivity contribution < 1.29 is 13.9 Å². The molecule has 3 aliphatic rings. The van der Waals surface area contributed by atoms with E-state index in [1.807, 2.05) is 12.2 Å². The number of morpholine rings is 1. The van der Waals surface area contributed by atoms with Crippen molar-refractivity contribution >= 4 is 5.91 Å². The third-order valence-electron chi connectivity index (χ3n) is 4.03. The number of hydrogen-bond acceptors (Lipinski definition) is 3. The van der Waals surface area contributed by atoms with Gasteiger partial charge in [-0.2, -0.15) is 0 Å². The second-order valence-corrected chi connectivity index (χ2v) is 5.47. The van der Waals surface area contributed by atoms with Crippen molar-refractivity contribution in [1.29, 1.82) is 0 Å². The van der Waals surface area contributed by atoms with Gasteiger partial charge < -0.3 is 15.4 Å². The summed E-state index contributed by atoms with van der Waals surface area (Å²) >= 11 is 0. The predicted molar refractivity (Wildman–Crippen MR) is 69.2 cm³/mol. The molecule has 2 aliphatic heterocycles. The average molecular weight is 266 g/mol. The Hall–Kier alpha value is -1.20. The second-order valence-electron chi connectivity index (χ2n) is 5.47. The molecule has 1 aliphatic carbocycles. The zero-order chi connectivity index (χ0) is 13.2. The van der Waals surface area contributed by atoms with E-state index >= 15 is 0 Å². The Balaban J connectivity index is 1.71. The number of rotatable bonds is 2. The number of piperidine rings is 1. The fourth-order valence-corrected chi connectivity index (χ4v) is 3.00. The SMILES string of the molecule is O=C1COC2C=CC(CC3CCCNC3)=C(F)C2N1. The van der Waals surface area contributed by atoms with Crippen LogP contribution < -0.4 is 10.6 Å². The molecule has 0 saturated carbocycles. The number of fused-ring (bicyclic) bond motifs is 1. The summed E-state index contributed by atoms with van der Waals surface area (Å²) in [5.74, 6) is 0.00687. The van der Waals surface area contributed by atoms with Gasteiger partial charge in [-0.1, -0.05) is 12.2 Å². The van der Waals surface area contributed by atoms with Crippen LogP contribution in [0.4, 0.5) is 4.39 Å². The summed E-state index contributed by atoms with van der Waals surface area (Å²) in [6.45, 7) is 2.02. The van der Waals surface area contributed by atoms with E-state index in [4.69, 9.17) is 4.74 Å². The van der Waals surface area contributed by atoms with E-state index in [1.165, 1.54) is 0 Å². The van der Waals surface area contributed by atoms with Crippen LogP contribution in [-0.2, 0) is 9.53 Å². The molecular formula is C14H19FN2O2. The van der Waals surface area contributed by atoms with Crippen LogP contribution in [0.3, 0.4) is 0 Å². The highest BCUT2D eigenvalue weighted by Crippen LogP contribution is 2.30. The van der Waals surface area contributed by atoms with Gasteiger partial charge in [-0.25, -0.2) is 4.39 Å². The van der Waals surface area contributed by atoms with Gasteiger partial charge >= 0.3 is 0 Å². The minimum absolute atomic E-state index is 0.0145. The Labute approximate surface area is 112 Å². The maximum absolute atomic E-state index is 14.4. The number of allylic oxidation sites excluding steroid dienone is 2. The van der Waals surface area contributed by atoms with E-state index in [9.17, 15) is 9.18 Å². The molecule has 0 aromatic rings. The van der Waals surface area contributed by atoms with Crippen LogP contribution >= 0.6 is 0 Å². The monoisotopic (exact) mass is 266 g/mol. The van der Waals surface area contributed by atoms with E-state index in [1.54, 1.807) is 0 Å². The average Bonchev–Trinajstić information content (AvgIpc) is 2.44. The van der Waals surface area contributed by atoms with Crippen LogP contribution in [0, 0.1) is 5.92 Å². The van der Waals surface area contributed by atoms with Gasteiger partial charge in [0.15, 0.2) is 0 Å². The number of carbonyl (C=O) groups is 1. The first-order valence-corrected chi connectivity index (χ1v) is 6.92. The fraction of sp³-hybridized carbons (Fsp3) is 0.643. The highest BCUT2D eigenvalue weighted by molar-refractivity contribution is 5.79. The summed E-state index contributed by atoms with van der Waals surface area (Å²) in [7, 11) is 0. The molecule has 2 heterocycles. The van der Waals surface area contributed by atoms with E-state index in [-0.39, 0.29) is 24.4 Å². The van der Waals surface area contributed by atoms with Gasteiger partial charge in [0.05, 0.1) is 0 Å². The lowest BCUT2D eigenvalue weighted by molar-refractivity contribution is -0.134. The molecule has 4 nitrogen and oxygen atoms in total. The van der Waals surface area contributed by atoms with Gasteiger partial charge in [-0.05, 0) is 43.8 Å². The fourth-order valence-electron chi connectivity index (χ4n) is 3.00. The van der Waals surface area contributed by atoms with Crippen LogP contribution in [-0.4, -0.2) is 37.7 Å². The number of nitrogens with one attached hydrogen (secondary N) is 2. The normalized spacial score (nSPS) is 35.0. The summed E-state index contributed by atoms with van der Waals surface area (Å²) in [6.07, 6.45) is 6.34. The van der Waals surface area contributed by atoms with E-state index < -0.39 is 6.04 Å². The topological polar surface area (TPSA) is 50.4 Å². The molecule has 0 radical (unpaired) electrons. The largest absolute Gasteiger partial charge is 0.362 e. The number of amides is 1. The van der Waals surface area contributed by atoms with Crippen molar-refractivity contribution in [3.05, 3.63) is 23.6 Å². The predicted octanol–water partition coefficient (Wildman–Crippen LogP) is 1.05. The minimum atomic E-state index is -0.627. The molecule has 3 unspecified atom stereocenters. The summed E-state index contributed by atoms with van der Waals surface area (Å²) in [6, 6.07) is -0.627. The molecule has 2 N–H and O–H groups in total. The molecule has 3 atom stereocenters. The van der Waals surface area contributed by atoms with Crippen molar-refractivity contribution in [3.8, 4) is 0 Å². The lowest BCUT2D eigenvalue weighted by Crippen LogP contribution is -2.52. The molecule has 0 aromatic heterocycles. The van der Waals surface area contributed by atoms with Crippen molar-refractivity contribution in [2.45, 2.75) is 31.4 Å². The zero-order valence-corrected chi connectivity index (χ0v) is 10.8. The van der Waals surface area contributed by atoms with Crippen molar-refractivity contribution in [2.24, 2.45) is 5.92 Å². The van der Waals surface area contributed by atoms with Crippen LogP contribution in [0.25, 0.3) is 0 Å². The number of carbonyl (C=O) groups excluding carboxylic acids is 1. The molecule has 0 aromatic carbocycles. The maximum atomic E-state index is 14.4. The Kier molecular flexibility index (Phi) is 3.66. The Morgan fingerprint density at radius 3 is 3.16 bits per heavy atom. The lowest BCUT2D eigenvalue weighted by atomic mass is 9.87. The summed E-state index contributed by atoms with van der Waals surface area (Å²) in [5, 5.41) is 6.01. The van der Waals surface area contributed by atoms with Crippen molar-refractivity contribution in [3.63, 3.8) is 0 Å². The first-order chi connectivity index (χ1) is 9.24. The molecule has 3 rings (SSSR count). The molecule has 0 bridgehead atoms. The second kappa shape index (κ2) is 5.43. The Morgan fingerprint density at radius 1 is 1.47 bits per heavy atom. The van der Waals surface area contributed by atoms with E-state index in [0.29, 0.717) is 11.5 Å². The molecular weight excluding hydrogens is 247 g/mol. The molecule has 1 amide bonds. The molecule has 2 saturated heterocycles. The van der Waals surface area contributed by atoms with Crippen molar-refractivity contribution in [2.75, 3.05) is 19.7 Å². The smallest absolute Gasteiger partial charge is 0.246 e. The summed E-state index contributed by atoms with van der Waals surface area (Å²) < 4.78 is 19.7. The minimum Gasteiger partial charge on any atom is -0.362 e. The quantitative estimate of drug-likeness (QED) is 0.785. The highest BCUT2D eigenvalue weighted by atomic mass is 19.1. The standard InChI is InChI=1S/C14H19FN2O2/c15-13-10(6-9-2-1-5-16-7-9)3-4-11-14(13)17-12(18)8-19-11/h3-4,9,11,14,16H,1-2,5-8H2,(H,17,18). The summed E-state index contributed by atoms with van der Waals surface area (Å²) in [5.41, 5.74) is 0.709. The van der Waals surface area contributed by atoms with Crippen LogP contribution in [0.5, 0.6) is 0 Å².